The first-order chi connectivity index (χ1) is 13.7. The first-order valence-corrected chi connectivity index (χ1v) is 11.2. The van der Waals surface area contributed by atoms with Gasteiger partial charge in [-0.05, 0) is 71.6 Å². The fourth-order valence-electron chi connectivity index (χ4n) is 5.65. The predicted molar refractivity (Wildman–Crippen MR) is 120 cm³/mol. The van der Waals surface area contributed by atoms with Crippen molar-refractivity contribution in [2.75, 3.05) is 36.0 Å². The van der Waals surface area contributed by atoms with E-state index in [1.165, 1.54) is 31.4 Å². The van der Waals surface area contributed by atoms with Crippen molar-refractivity contribution < 1.29 is 4.79 Å². The Labute approximate surface area is 175 Å². The monoisotopic (exact) mass is 399 g/mol. The summed E-state index contributed by atoms with van der Waals surface area (Å²) in [4.78, 5) is 16.3. The predicted octanol–water partition coefficient (Wildman–Crippen LogP) is 3.08. The molecule has 0 saturated carbocycles. The fraction of sp³-hybridized carbons (Fsp3) is 0.696. The molecule has 3 fully saturated rings. The average molecular weight is 400 g/mol. The topological polar surface area (TPSA) is 59.6 Å². The molecule has 1 aromatic rings. The number of nitrogens with zero attached hydrogens (tertiary/aromatic N) is 2. The second-order valence-corrected chi connectivity index (χ2v) is 10.3. The van der Waals surface area contributed by atoms with E-state index in [0.29, 0.717) is 12.1 Å². The first kappa shape index (κ1) is 20.5. The number of nitrogens with one attached hydrogen (secondary N) is 3. The van der Waals surface area contributed by atoms with E-state index >= 15 is 0 Å². The maximum atomic E-state index is 12.0. The molecule has 6 heteroatoms. The molecule has 2 amide bonds. The minimum Gasteiger partial charge on any atom is -0.371 e. The third kappa shape index (κ3) is 4.86. The summed E-state index contributed by atoms with van der Waals surface area (Å²) in [5.74, 6) is 0. The third-order valence-corrected chi connectivity index (χ3v) is 6.52. The normalized spacial score (nSPS) is 25.3. The van der Waals surface area contributed by atoms with E-state index in [2.05, 4.69) is 66.7 Å². The van der Waals surface area contributed by atoms with Gasteiger partial charge in [-0.25, -0.2) is 4.79 Å². The Kier molecular flexibility index (Phi) is 5.51. The minimum absolute atomic E-state index is 0.0119. The molecular formula is C23H37N5O. The Bertz CT molecular complexity index is 723. The highest BCUT2D eigenvalue weighted by Crippen LogP contribution is 2.30. The number of benzene rings is 1. The quantitative estimate of drug-likeness (QED) is 0.728. The van der Waals surface area contributed by atoms with Gasteiger partial charge in [-0.3, -0.25) is 4.90 Å². The molecule has 3 saturated heterocycles. The molecule has 3 heterocycles. The second-order valence-electron chi connectivity index (χ2n) is 10.3. The van der Waals surface area contributed by atoms with Gasteiger partial charge in [0, 0.05) is 60.7 Å². The smallest absolute Gasteiger partial charge is 0.321 e. The van der Waals surface area contributed by atoms with E-state index in [1.54, 1.807) is 0 Å². The van der Waals surface area contributed by atoms with Crippen LogP contribution in [0, 0.1) is 0 Å². The molecule has 1 aromatic carbocycles. The van der Waals surface area contributed by atoms with Crippen LogP contribution in [0.25, 0.3) is 0 Å². The van der Waals surface area contributed by atoms with E-state index in [4.69, 9.17) is 0 Å². The summed E-state index contributed by atoms with van der Waals surface area (Å²) in [6.07, 6.45) is 4.69. The Morgan fingerprint density at radius 1 is 0.966 bits per heavy atom. The molecule has 0 radical (unpaired) electrons. The van der Waals surface area contributed by atoms with Gasteiger partial charge < -0.3 is 20.9 Å². The second kappa shape index (κ2) is 7.80. The molecule has 0 atom stereocenters. The summed E-state index contributed by atoms with van der Waals surface area (Å²) in [6.45, 7) is 12.9. The van der Waals surface area contributed by atoms with Gasteiger partial charge in [0.2, 0.25) is 0 Å². The molecule has 0 bridgehead atoms. The van der Waals surface area contributed by atoms with Crippen LogP contribution in [0.5, 0.6) is 0 Å². The van der Waals surface area contributed by atoms with Crippen LogP contribution in [0.2, 0.25) is 0 Å². The zero-order valence-corrected chi connectivity index (χ0v) is 18.4. The van der Waals surface area contributed by atoms with Crippen LogP contribution in [0.15, 0.2) is 24.3 Å². The molecule has 0 aromatic heterocycles. The van der Waals surface area contributed by atoms with Crippen molar-refractivity contribution in [1.82, 2.24) is 16.0 Å². The zero-order chi connectivity index (χ0) is 20.6. The van der Waals surface area contributed by atoms with E-state index in [1.807, 2.05) is 11.0 Å². The molecule has 4 rings (SSSR count). The van der Waals surface area contributed by atoms with Crippen LogP contribution in [-0.2, 0) is 0 Å². The average Bonchev–Trinajstić information content (AvgIpc) is 3.06. The molecular weight excluding hydrogens is 362 g/mol. The van der Waals surface area contributed by atoms with Crippen LogP contribution >= 0.6 is 0 Å². The number of hydrogen-bond acceptors (Lipinski definition) is 4. The third-order valence-electron chi connectivity index (χ3n) is 6.52. The molecule has 3 aliphatic heterocycles. The number of piperidine rings is 2. The lowest BCUT2D eigenvalue weighted by molar-refractivity contribution is 0.136. The van der Waals surface area contributed by atoms with Crippen molar-refractivity contribution in [3.63, 3.8) is 0 Å². The van der Waals surface area contributed by atoms with Gasteiger partial charge in [0.15, 0.2) is 0 Å². The van der Waals surface area contributed by atoms with Crippen molar-refractivity contribution >= 4 is 17.4 Å². The largest absolute Gasteiger partial charge is 0.371 e. The Balaban J connectivity index is 1.33. The van der Waals surface area contributed by atoms with Crippen LogP contribution in [0.4, 0.5) is 16.2 Å². The van der Waals surface area contributed by atoms with Gasteiger partial charge in [-0.15, -0.1) is 0 Å². The highest BCUT2D eigenvalue weighted by molar-refractivity contribution is 5.94. The number of amides is 2. The first-order valence-electron chi connectivity index (χ1n) is 11.2. The molecule has 0 aliphatic carbocycles. The number of rotatable bonds is 4. The van der Waals surface area contributed by atoms with E-state index in [-0.39, 0.29) is 17.1 Å². The summed E-state index contributed by atoms with van der Waals surface area (Å²) in [7, 11) is 0. The van der Waals surface area contributed by atoms with Crippen LogP contribution in [0.1, 0.15) is 53.4 Å². The van der Waals surface area contributed by atoms with E-state index < -0.39 is 0 Å². The SMILES string of the molecule is CC1(C)CC(NC2CCN(c3cccc(N4CCNC4=O)c3)CC2)CC(C)(C)N1. The summed E-state index contributed by atoms with van der Waals surface area (Å²) in [5.41, 5.74) is 2.59. The minimum atomic E-state index is 0.0119. The summed E-state index contributed by atoms with van der Waals surface area (Å²) in [6, 6.07) is 9.61. The lowest BCUT2D eigenvalue weighted by Gasteiger charge is -2.48. The van der Waals surface area contributed by atoms with Gasteiger partial charge in [-0.2, -0.15) is 0 Å². The summed E-state index contributed by atoms with van der Waals surface area (Å²) < 4.78 is 0. The van der Waals surface area contributed by atoms with Crippen molar-refractivity contribution in [3.05, 3.63) is 24.3 Å². The van der Waals surface area contributed by atoms with E-state index in [9.17, 15) is 4.79 Å². The maximum Gasteiger partial charge on any atom is 0.321 e. The summed E-state index contributed by atoms with van der Waals surface area (Å²) >= 11 is 0. The van der Waals surface area contributed by atoms with E-state index in [0.717, 1.165) is 31.9 Å². The van der Waals surface area contributed by atoms with Gasteiger partial charge >= 0.3 is 6.03 Å². The Hall–Kier alpha value is -1.79. The zero-order valence-electron chi connectivity index (χ0n) is 18.4. The van der Waals surface area contributed by atoms with Gasteiger partial charge in [0.1, 0.15) is 0 Å². The van der Waals surface area contributed by atoms with Gasteiger partial charge in [0.25, 0.3) is 0 Å². The molecule has 0 spiro atoms. The number of hydrogen-bond donors (Lipinski definition) is 3. The van der Waals surface area contributed by atoms with Crippen LogP contribution < -0.4 is 25.8 Å². The maximum absolute atomic E-state index is 12.0. The number of urea groups is 1. The number of carbonyl (C=O) groups excluding carboxylic acids is 1. The van der Waals surface area contributed by atoms with Gasteiger partial charge in [-0.1, -0.05) is 6.07 Å². The molecule has 6 nitrogen and oxygen atoms in total. The highest BCUT2D eigenvalue weighted by Gasteiger charge is 2.38. The Morgan fingerprint density at radius 3 is 2.24 bits per heavy atom. The number of carbonyl (C=O) groups is 1. The number of anilines is 2. The molecule has 29 heavy (non-hydrogen) atoms. The van der Waals surface area contributed by atoms with Crippen LogP contribution in [0.3, 0.4) is 0 Å². The summed E-state index contributed by atoms with van der Waals surface area (Å²) in [5, 5.41) is 10.6. The van der Waals surface area contributed by atoms with Crippen molar-refractivity contribution in [2.45, 2.75) is 76.5 Å². The van der Waals surface area contributed by atoms with Crippen LogP contribution in [-0.4, -0.2) is 55.4 Å². The van der Waals surface area contributed by atoms with Crippen molar-refractivity contribution in [2.24, 2.45) is 0 Å². The molecule has 0 unspecified atom stereocenters. The lowest BCUT2D eigenvalue weighted by Crippen LogP contribution is -2.63. The highest BCUT2D eigenvalue weighted by atomic mass is 16.2. The van der Waals surface area contributed by atoms with Crippen molar-refractivity contribution in [3.8, 4) is 0 Å². The lowest BCUT2D eigenvalue weighted by atomic mass is 9.79. The molecule has 3 aliphatic rings. The molecule has 160 valence electrons. The van der Waals surface area contributed by atoms with Gasteiger partial charge in [0.05, 0.1) is 0 Å². The molecule has 3 N–H and O–H groups in total. The van der Waals surface area contributed by atoms with Crippen molar-refractivity contribution in [1.29, 1.82) is 0 Å². The standard InChI is InChI=1S/C23H37N5O/c1-22(2)15-18(16-23(3,4)26-22)25-17-8-11-27(12-9-17)19-6-5-7-20(14-19)28-13-10-24-21(28)29/h5-7,14,17-18,25-26H,8-13,15-16H2,1-4H3,(H,24,29). The fourth-order valence-corrected chi connectivity index (χ4v) is 5.65. The Morgan fingerprint density at radius 2 is 1.62 bits per heavy atom.